The van der Waals surface area contributed by atoms with Crippen LogP contribution in [0.2, 0.25) is 10.0 Å². The summed E-state index contributed by atoms with van der Waals surface area (Å²) in [5.41, 5.74) is 2.52. The molecule has 1 heterocycles. The number of hydrogen-bond donors (Lipinski definition) is 0. The standard InChI is InChI=1S/C21H13Cl2N3S/c22-16-12-7-13-17(23)19(16)27-21-18(14-8-3-1-4-9-14)25-26-20(24-21)15-10-5-2-6-11-15/h1-13H. The predicted octanol–water partition coefficient (Wildman–Crippen LogP) is 6.66. The Morgan fingerprint density at radius 2 is 1.22 bits per heavy atom. The van der Waals surface area contributed by atoms with E-state index >= 15 is 0 Å². The van der Waals surface area contributed by atoms with Gasteiger partial charge in [0.25, 0.3) is 0 Å². The van der Waals surface area contributed by atoms with Crippen LogP contribution in [0.5, 0.6) is 0 Å². The maximum Gasteiger partial charge on any atom is 0.182 e. The highest BCUT2D eigenvalue weighted by Gasteiger charge is 2.17. The lowest BCUT2D eigenvalue weighted by Gasteiger charge is -2.11. The van der Waals surface area contributed by atoms with Crippen molar-refractivity contribution in [3.05, 3.63) is 88.9 Å². The molecule has 0 saturated heterocycles. The number of nitrogens with zero attached hydrogens (tertiary/aromatic N) is 3. The summed E-state index contributed by atoms with van der Waals surface area (Å²) in [4.78, 5) is 5.52. The highest BCUT2D eigenvalue weighted by molar-refractivity contribution is 7.99. The van der Waals surface area contributed by atoms with Gasteiger partial charge in [0.2, 0.25) is 0 Å². The summed E-state index contributed by atoms with van der Waals surface area (Å²) < 4.78 is 0. The van der Waals surface area contributed by atoms with E-state index < -0.39 is 0 Å². The lowest BCUT2D eigenvalue weighted by atomic mass is 10.2. The fraction of sp³-hybridized carbons (Fsp3) is 0. The van der Waals surface area contributed by atoms with Gasteiger partial charge in [0.05, 0.1) is 14.9 Å². The monoisotopic (exact) mass is 409 g/mol. The second-order valence-corrected chi connectivity index (χ2v) is 7.49. The average Bonchev–Trinajstić information content (AvgIpc) is 2.72. The highest BCUT2D eigenvalue weighted by atomic mass is 35.5. The van der Waals surface area contributed by atoms with Gasteiger partial charge in [-0.25, -0.2) is 4.98 Å². The molecule has 0 aliphatic heterocycles. The van der Waals surface area contributed by atoms with Crippen molar-refractivity contribution in [3.8, 4) is 22.6 Å². The Kier molecular flexibility index (Phi) is 5.39. The van der Waals surface area contributed by atoms with Gasteiger partial charge in [-0.2, -0.15) is 0 Å². The van der Waals surface area contributed by atoms with E-state index in [0.717, 1.165) is 16.0 Å². The van der Waals surface area contributed by atoms with E-state index in [9.17, 15) is 0 Å². The van der Waals surface area contributed by atoms with Crippen molar-refractivity contribution in [3.63, 3.8) is 0 Å². The minimum atomic E-state index is 0.556. The molecule has 0 radical (unpaired) electrons. The Morgan fingerprint density at radius 1 is 0.630 bits per heavy atom. The Labute approximate surface area is 171 Å². The molecule has 0 N–H and O–H groups in total. The first-order valence-corrected chi connectivity index (χ1v) is 9.77. The van der Waals surface area contributed by atoms with Gasteiger partial charge in [-0.3, -0.25) is 0 Å². The molecule has 0 fully saturated rings. The van der Waals surface area contributed by atoms with Crippen molar-refractivity contribution >= 4 is 35.0 Å². The predicted molar refractivity (Wildman–Crippen MR) is 111 cm³/mol. The molecule has 0 spiro atoms. The van der Waals surface area contributed by atoms with Crippen LogP contribution in [0, 0.1) is 0 Å². The van der Waals surface area contributed by atoms with Gasteiger partial charge >= 0.3 is 0 Å². The molecule has 4 aromatic rings. The van der Waals surface area contributed by atoms with Crippen LogP contribution in [0.25, 0.3) is 22.6 Å². The molecule has 0 aliphatic rings. The van der Waals surface area contributed by atoms with Crippen LogP contribution in [-0.4, -0.2) is 15.2 Å². The summed E-state index contributed by atoms with van der Waals surface area (Å²) in [6.45, 7) is 0. The maximum absolute atomic E-state index is 6.37. The third-order valence-corrected chi connectivity index (χ3v) is 5.83. The third kappa shape index (κ3) is 3.98. The van der Waals surface area contributed by atoms with E-state index in [1.807, 2.05) is 78.9 Å². The fourth-order valence-corrected chi connectivity index (χ4v) is 4.09. The SMILES string of the molecule is Clc1cccc(Cl)c1Sc1nc(-c2ccccc2)nnc1-c1ccccc1. The second kappa shape index (κ2) is 8.09. The molecule has 3 aromatic carbocycles. The molecule has 0 saturated carbocycles. The Balaban J connectivity index is 1.85. The zero-order chi connectivity index (χ0) is 18.6. The average molecular weight is 410 g/mol. The Bertz CT molecular complexity index is 1050. The Morgan fingerprint density at radius 3 is 1.85 bits per heavy atom. The fourth-order valence-electron chi connectivity index (χ4n) is 2.55. The van der Waals surface area contributed by atoms with Crippen LogP contribution in [0.15, 0.2) is 88.8 Å². The zero-order valence-electron chi connectivity index (χ0n) is 14.0. The van der Waals surface area contributed by atoms with Gasteiger partial charge in [-0.1, -0.05) is 102 Å². The first-order valence-electron chi connectivity index (χ1n) is 8.20. The van der Waals surface area contributed by atoms with Crippen molar-refractivity contribution in [2.45, 2.75) is 9.92 Å². The van der Waals surface area contributed by atoms with Crippen molar-refractivity contribution in [1.82, 2.24) is 15.2 Å². The summed E-state index contributed by atoms with van der Waals surface area (Å²) in [6, 6.07) is 25.0. The number of aromatic nitrogens is 3. The van der Waals surface area contributed by atoms with E-state index in [0.29, 0.717) is 26.6 Å². The summed E-state index contributed by atoms with van der Waals surface area (Å²) >= 11 is 14.1. The summed E-state index contributed by atoms with van der Waals surface area (Å²) in [5, 5.41) is 10.6. The van der Waals surface area contributed by atoms with E-state index in [-0.39, 0.29) is 0 Å². The van der Waals surface area contributed by atoms with Crippen molar-refractivity contribution in [2.75, 3.05) is 0 Å². The molecule has 3 nitrogen and oxygen atoms in total. The van der Waals surface area contributed by atoms with Crippen LogP contribution >= 0.6 is 35.0 Å². The topological polar surface area (TPSA) is 38.7 Å². The zero-order valence-corrected chi connectivity index (χ0v) is 16.3. The third-order valence-electron chi connectivity index (χ3n) is 3.85. The van der Waals surface area contributed by atoms with E-state index in [1.54, 1.807) is 0 Å². The highest BCUT2D eigenvalue weighted by Crippen LogP contribution is 2.41. The van der Waals surface area contributed by atoms with Crippen molar-refractivity contribution < 1.29 is 0 Å². The van der Waals surface area contributed by atoms with Crippen LogP contribution in [0.4, 0.5) is 0 Å². The first kappa shape index (κ1) is 18.0. The molecule has 4 rings (SSSR count). The van der Waals surface area contributed by atoms with Crippen LogP contribution < -0.4 is 0 Å². The molecule has 1 aromatic heterocycles. The van der Waals surface area contributed by atoms with E-state index in [4.69, 9.17) is 28.2 Å². The van der Waals surface area contributed by atoms with Gasteiger partial charge in [0, 0.05) is 11.1 Å². The molecule has 0 amide bonds. The summed E-state index contributed by atoms with van der Waals surface area (Å²) in [5.74, 6) is 0.556. The molecule has 27 heavy (non-hydrogen) atoms. The molecule has 0 atom stereocenters. The normalized spacial score (nSPS) is 10.7. The van der Waals surface area contributed by atoms with E-state index in [1.165, 1.54) is 11.8 Å². The number of halogens is 2. The molecule has 0 bridgehead atoms. The van der Waals surface area contributed by atoms with Crippen LogP contribution in [0.3, 0.4) is 0 Å². The van der Waals surface area contributed by atoms with Gasteiger partial charge in [-0.15, -0.1) is 10.2 Å². The molecule has 6 heteroatoms. The van der Waals surface area contributed by atoms with Gasteiger partial charge in [0.15, 0.2) is 5.82 Å². The minimum Gasteiger partial charge on any atom is -0.217 e. The number of rotatable bonds is 4. The Hall–Kier alpha value is -2.40. The van der Waals surface area contributed by atoms with Crippen molar-refractivity contribution in [1.29, 1.82) is 0 Å². The van der Waals surface area contributed by atoms with Gasteiger partial charge in [-0.05, 0) is 12.1 Å². The van der Waals surface area contributed by atoms with Gasteiger partial charge in [0.1, 0.15) is 10.7 Å². The molecule has 0 aliphatic carbocycles. The van der Waals surface area contributed by atoms with Crippen LogP contribution in [0.1, 0.15) is 0 Å². The van der Waals surface area contributed by atoms with Crippen LogP contribution in [-0.2, 0) is 0 Å². The minimum absolute atomic E-state index is 0.556. The molecule has 132 valence electrons. The van der Waals surface area contributed by atoms with E-state index in [2.05, 4.69) is 10.2 Å². The molecular weight excluding hydrogens is 397 g/mol. The summed E-state index contributed by atoms with van der Waals surface area (Å²) in [7, 11) is 0. The quantitative estimate of drug-likeness (QED) is 0.377. The lowest BCUT2D eigenvalue weighted by molar-refractivity contribution is 0.924. The number of benzene rings is 3. The summed E-state index contributed by atoms with van der Waals surface area (Å²) in [6.07, 6.45) is 0. The van der Waals surface area contributed by atoms with Crippen molar-refractivity contribution in [2.24, 2.45) is 0 Å². The first-order chi connectivity index (χ1) is 13.2. The second-order valence-electron chi connectivity index (χ2n) is 5.67. The number of hydrogen-bond acceptors (Lipinski definition) is 4. The maximum atomic E-state index is 6.37. The van der Waals surface area contributed by atoms with Gasteiger partial charge < -0.3 is 0 Å². The smallest absolute Gasteiger partial charge is 0.182 e. The largest absolute Gasteiger partial charge is 0.217 e. The molecule has 0 unspecified atom stereocenters. The lowest BCUT2D eigenvalue weighted by Crippen LogP contribution is -1.99. The molecular formula is C21H13Cl2N3S.